The van der Waals surface area contributed by atoms with Gasteiger partial charge in [-0.25, -0.2) is 0 Å². The number of aromatic amines is 1. The van der Waals surface area contributed by atoms with Gasteiger partial charge in [0.2, 0.25) is 0 Å². The molecule has 0 saturated carbocycles. The predicted molar refractivity (Wildman–Crippen MR) is 70.5 cm³/mol. The van der Waals surface area contributed by atoms with Gasteiger partial charge in [0, 0.05) is 12.8 Å². The van der Waals surface area contributed by atoms with E-state index in [-0.39, 0.29) is 5.56 Å². The molecule has 94 valence electrons. The lowest BCUT2D eigenvalue weighted by Gasteiger charge is -2.01. The maximum absolute atomic E-state index is 11.8. The Bertz CT molecular complexity index is 548. The highest BCUT2D eigenvalue weighted by molar-refractivity contribution is 5.19. The highest BCUT2D eigenvalue weighted by atomic mass is 16.1. The van der Waals surface area contributed by atoms with Gasteiger partial charge in [-0.2, -0.15) is 0 Å². The van der Waals surface area contributed by atoms with E-state index in [0.717, 1.165) is 24.8 Å². The highest BCUT2D eigenvalue weighted by Gasteiger charge is 2.05. The topological polar surface area (TPSA) is 58.6 Å². The lowest BCUT2D eigenvalue weighted by atomic mass is 10.1. The van der Waals surface area contributed by atoms with Gasteiger partial charge in [0.05, 0.1) is 0 Å². The summed E-state index contributed by atoms with van der Waals surface area (Å²) in [4.78, 5) is 14.7. The van der Waals surface area contributed by atoms with Gasteiger partial charge in [-0.3, -0.25) is 4.79 Å². The minimum Gasteiger partial charge on any atom is -0.307 e. The molecule has 1 aromatic heterocycles. The highest BCUT2D eigenvalue weighted by Crippen LogP contribution is 2.03. The van der Waals surface area contributed by atoms with Crippen molar-refractivity contribution in [2.45, 2.75) is 32.6 Å². The number of nitrogens with zero attached hydrogens (tertiary/aromatic N) is 2. The molecule has 1 N–H and O–H groups in total. The first-order valence-corrected chi connectivity index (χ1v) is 6.28. The summed E-state index contributed by atoms with van der Waals surface area (Å²) >= 11 is 0. The van der Waals surface area contributed by atoms with Gasteiger partial charge in [0.25, 0.3) is 5.56 Å². The molecule has 0 aliphatic heterocycles. The fourth-order valence-electron chi connectivity index (χ4n) is 1.76. The van der Waals surface area contributed by atoms with Crippen molar-refractivity contribution in [3.63, 3.8) is 0 Å². The van der Waals surface area contributed by atoms with E-state index in [9.17, 15) is 4.79 Å². The second-order valence-corrected chi connectivity index (χ2v) is 4.31. The van der Waals surface area contributed by atoms with Crippen molar-refractivity contribution in [2.24, 2.45) is 0 Å². The van der Waals surface area contributed by atoms with E-state index in [4.69, 9.17) is 0 Å². The Morgan fingerprint density at radius 2 is 1.94 bits per heavy atom. The van der Waals surface area contributed by atoms with E-state index >= 15 is 0 Å². The van der Waals surface area contributed by atoms with Crippen LogP contribution in [0.3, 0.4) is 0 Å². The summed E-state index contributed by atoms with van der Waals surface area (Å²) in [5.41, 5.74) is 1.42. The van der Waals surface area contributed by atoms with E-state index in [1.807, 2.05) is 30.3 Å². The monoisotopic (exact) mass is 243 g/mol. The molecular weight excluding hydrogens is 226 g/mol. The average molecular weight is 243 g/mol. The van der Waals surface area contributed by atoms with Crippen LogP contribution in [0, 0.1) is 0 Å². The number of hydrogen-bond donors (Lipinski definition) is 1. The van der Waals surface area contributed by atoms with Crippen LogP contribution in [0.1, 0.15) is 36.8 Å². The van der Waals surface area contributed by atoms with Gasteiger partial charge < -0.3 is 4.98 Å². The second kappa shape index (κ2) is 6.10. The number of aromatic nitrogens is 3. The van der Waals surface area contributed by atoms with E-state index in [1.54, 1.807) is 0 Å². The van der Waals surface area contributed by atoms with Crippen LogP contribution in [0.25, 0.3) is 0 Å². The normalized spacial score (nSPS) is 10.5. The molecule has 0 radical (unpaired) electrons. The molecule has 2 rings (SSSR count). The number of nitrogens with one attached hydrogen (secondary N) is 1. The van der Waals surface area contributed by atoms with E-state index in [1.165, 1.54) is 0 Å². The first-order chi connectivity index (χ1) is 8.79. The minimum absolute atomic E-state index is 0.125. The standard InChI is InChI=1S/C14H17N3O/c1-2-3-9-13-15-14(18)12(16-17-13)10-11-7-5-4-6-8-11/h4-8H,2-3,9-10H2,1H3,(H,15,17,18). The number of benzene rings is 1. The lowest BCUT2D eigenvalue weighted by Crippen LogP contribution is -2.19. The molecular formula is C14H17N3O. The molecule has 0 fully saturated rings. The van der Waals surface area contributed by atoms with Gasteiger partial charge in [-0.1, -0.05) is 43.7 Å². The summed E-state index contributed by atoms with van der Waals surface area (Å²) in [7, 11) is 0. The van der Waals surface area contributed by atoms with Crippen molar-refractivity contribution < 1.29 is 0 Å². The van der Waals surface area contributed by atoms with Crippen molar-refractivity contribution in [3.8, 4) is 0 Å². The quantitative estimate of drug-likeness (QED) is 0.874. The van der Waals surface area contributed by atoms with E-state index in [2.05, 4.69) is 22.1 Å². The molecule has 0 bridgehead atoms. The fourth-order valence-corrected chi connectivity index (χ4v) is 1.76. The molecule has 0 unspecified atom stereocenters. The van der Waals surface area contributed by atoms with Gasteiger partial charge >= 0.3 is 0 Å². The van der Waals surface area contributed by atoms with Crippen LogP contribution < -0.4 is 5.56 Å². The molecule has 0 aliphatic carbocycles. The van der Waals surface area contributed by atoms with Crippen LogP contribution in [0.5, 0.6) is 0 Å². The fraction of sp³-hybridized carbons (Fsp3) is 0.357. The smallest absolute Gasteiger partial charge is 0.273 e. The maximum atomic E-state index is 11.8. The van der Waals surface area contributed by atoms with Crippen molar-refractivity contribution in [1.82, 2.24) is 15.2 Å². The van der Waals surface area contributed by atoms with Crippen LogP contribution in [0.2, 0.25) is 0 Å². The third-order valence-electron chi connectivity index (χ3n) is 2.79. The Balaban J connectivity index is 2.13. The third kappa shape index (κ3) is 3.26. The Kier molecular flexibility index (Phi) is 4.23. The summed E-state index contributed by atoms with van der Waals surface area (Å²) in [6, 6.07) is 9.81. The van der Waals surface area contributed by atoms with Gasteiger partial charge in [-0.15, -0.1) is 10.2 Å². The molecule has 0 aliphatic rings. The summed E-state index contributed by atoms with van der Waals surface area (Å²) < 4.78 is 0. The molecule has 4 nitrogen and oxygen atoms in total. The summed E-state index contributed by atoms with van der Waals surface area (Å²) in [6.45, 7) is 2.11. The first kappa shape index (κ1) is 12.5. The van der Waals surface area contributed by atoms with Crippen LogP contribution in [0.4, 0.5) is 0 Å². The minimum atomic E-state index is -0.125. The van der Waals surface area contributed by atoms with Crippen LogP contribution in [-0.2, 0) is 12.8 Å². The third-order valence-corrected chi connectivity index (χ3v) is 2.79. The molecule has 1 aromatic carbocycles. The zero-order valence-corrected chi connectivity index (χ0v) is 10.5. The number of aryl methyl sites for hydroxylation is 1. The van der Waals surface area contributed by atoms with Crippen molar-refractivity contribution in [1.29, 1.82) is 0 Å². The van der Waals surface area contributed by atoms with Crippen molar-refractivity contribution in [2.75, 3.05) is 0 Å². The Hall–Kier alpha value is -1.97. The number of rotatable bonds is 5. The number of H-pyrrole nitrogens is 1. The van der Waals surface area contributed by atoms with Crippen LogP contribution in [-0.4, -0.2) is 15.2 Å². The number of unbranched alkanes of at least 4 members (excludes halogenated alkanes) is 1. The first-order valence-electron chi connectivity index (χ1n) is 6.28. The maximum Gasteiger partial charge on any atom is 0.273 e. The molecule has 0 spiro atoms. The van der Waals surface area contributed by atoms with Crippen LogP contribution >= 0.6 is 0 Å². The van der Waals surface area contributed by atoms with Gasteiger partial charge in [0.1, 0.15) is 11.5 Å². The Morgan fingerprint density at radius 3 is 2.61 bits per heavy atom. The molecule has 0 atom stereocenters. The Morgan fingerprint density at radius 1 is 1.17 bits per heavy atom. The van der Waals surface area contributed by atoms with Gasteiger partial charge in [0.15, 0.2) is 0 Å². The predicted octanol–water partition coefficient (Wildman–Crippen LogP) is 2.10. The Labute approximate surface area is 106 Å². The summed E-state index contributed by atoms with van der Waals surface area (Å²) in [5.74, 6) is 0.679. The zero-order chi connectivity index (χ0) is 12.8. The molecule has 0 amide bonds. The molecule has 18 heavy (non-hydrogen) atoms. The van der Waals surface area contributed by atoms with E-state index in [0.29, 0.717) is 17.9 Å². The summed E-state index contributed by atoms with van der Waals surface area (Å²) in [6.07, 6.45) is 3.40. The molecule has 4 heteroatoms. The van der Waals surface area contributed by atoms with Crippen molar-refractivity contribution in [3.05, 3.63) is 57.8 Å². The van der Waals surface area contributed by atoms with Gasteiger partial charge in [-0.05, 0) is 12.0 Å². The molecule has 0 saturated heterocycles. The second-order valence-electron chi connectivity index (χ2n) is 4.31. The number of hydrogen-bond acceptors (Lipinski definition) is 3. The largest absolute Gasteiger partial charge is 0.307 e. The zero-order valence-electron chi connectivity index (χ0n) is 10.5. The SMILES string of the molecule is CCCCc1nnc(Cc2ccccc2)c(=O)[nH]1. The average Bonchev–Trinajstić information content (AvgIpc) is 2.40. The van der Waals surface area contributed by atoms with Crippen LogP contribution in [0.15, 0.2) is 35.1 Å². The van der Waals surface area contributed by atoms with E-state index < -0.39 is 0 Å². The molecule has 2 aromatic rings. The summed E-state index contributed by atoms with van der Waals surface area (Å²) in [5, 5.41) is 8.10. The van der Waals surface area contributed by atoms with Crippen molar-refractivity contribution >= 4 is 0 Å². The molecule has 1 heterocycles. The lowest BCUT2D eigenvalue weighted by molar-refractivity contribution is 0.710.